The van der Waals surface area contributed by atoms with Crippen molar-refractivity contribution in [3.05, 3.63) is 29.0 Å². The van der Waals surface area contributed by atoms with Crippen LogP contribution in [0.25, 0.3) is 0 Å². The fourth-order valence-corrected chi connectivity index (χ4v) is 1.89. The van der Waals surface area contributed by atoms with E-state index in [9.17, 15) is 14.0 Å². The Morgan fingerprint density at radius 3 is 2.62 bits per heavy atom. The van der Waals surface area contributed by atoms with Crippen LogP contribution in [-0.2, 0) is 9.59 Å². The van der Waals surface area contributed by atoms with Gasteiger partial charge in [0.1, 0.15) is 17.6 Å². The lowest BCUT2D eigenvalue weighted by Gasteiger charge is -2.16. The Morgan fingerprint density at radius 1 is 1.43 bits per heavy atom. The Labute approximate surface area is 127 Å². The molecule has 1 rings (SSSR count). The van der Waals surface area contributed by atoms with Crippen LogP contribution in [0.3, 0.4) is 0 Å². The zero-order chi connectivity index (χ0) is 16.0. The van der Waals surface area contributed by atoms with Gasteiger partial charge in [-0.25, -0.2) is 9.18 Å². The third-order valence-electron chi connectivity index (χ3n) is 2.59. The van der Waals surface area contributed by atoms with Gasteiger partial charge in [-0.15, -0.1) is 0 Å². The van der Waals surface area contributed by atoms with E-state index in [4.69, 9.17) is 21.4 Å². The zero-order valence-electron chi connectivity index (χ0n) is 11.7. The Bertz CT molecular complexity index is 522. The molecule has 0 aliphatic rings. The standard InChI is InChI=1S/C14H17ClFNO4/c1-8(2)5-11(14(19)20)17-13(18)7-21-12-4-3-9(16)6-10(12)15/h3-4,6,8,11H,5,7H2,1-2H3,(H,17,18)(H,19,20)/t11-/m1/s1. The number of carbonyl (C=O) groups is 2. The second-order valence-corrected chi connectivity index (χ2v) is 5.36. The minimum Gasteiger partial charge on any atom is -0.482 e. The molecule has 0 heterocycles. The number of nitrogens with one attached hydrogen (secondary N) is 1. The lowest BCUT2D eigenvalue weighted by atomic mass is 10.0. The number of ether oxygens (including phenoxy) is 1. The van der Waals surface area contributed by atoms with Crippen molar-refractivity contribution in [3.8, 4) is 5.75 Å². The maximum Gasteiger partial charge on any atom is 0.326 e. The normalized spacial score (nSPS) is 12.0. The summed E-state index contributed by atoms with van der Waals surface area (Å²) < 4.78 is 18.0. The third kappa shape index (κ3) is 5.99. The fraction of sp³-hybridized carbons (Fsp3) is 0.429. The van der Waals surface area contributed by atoms with Crippen LogP contribution in [0.15, 0.2) is 18.2 Å². The highest BCUT2D eigenvalue weighted by atomic mass is 35.5. The van der Waals surface area contributed by atoms with Gasteiger partial charge in [-0.2, -0.15) is 0 Å². The molecule has 21 heavy (non-hydrogen) atoms. The summed E-state index contributed by atoms with van der Waals surface area (Å²) in [6.45, 7) is 3.32. The van der Waals surface area contributed by atoms with E-state index in [0.717, 1.165) is 12.1 Å². The highest BCUT2D eigenvalue weighted by Crippen LogP contribution is 2.24. The van der Waals surface area contributed by atoms with Crippen molar-refractivity contribution in [2.45, 2.75) is 26.3 Å². The molecule has 7 heteroatoms. The smallest absolute Gasteiger partial charge is 0.326 e. The van der Waals surface area contributed by atoms with E-state index < -0.39 is 30.3 Å². The summed E-state index contributed by atoms with van der Waals surface area (Å²) in [5.74, 6) is -1.91. The monoisotopic (exact) mass is 317 g/mol. The predicted molar refractivity (Wildman–Crippen MR) is 75.9 cm³/mol. The number of hydrogen-bond acceptors (Lipinski definition) is 3. The van der Waals surface area contributed by atoms with E-state index in [2.05, 4.69) is 5.32 Å². The van der Waals surface area contributed by atoms with Crippen LogP contribution >= 0.6 is 11.6 Å². The van der Waals surface area contributed by atoms with Gasteiger partial charge in [0.15, 0.2) is 6.61 Å². The number of rotatable bonds is 7. The Balaban J connectivity index is 2.54. The number of carboxylic acids is 1. The topological polar surface area (TPSA) is 75.6 Å². The summed E-state index contributed by atoms with van der Waals surface area (Å²) in [5.41, 5.74) is 0. The molecule has 0 bridgehead atoms. The van der Waals surface area contributed by atoms with Crippen LogP contribution in [0, 0.1) is 11.7 Å². The second-order valence-electron chi connectivity index (χ2n) is 4.95. The Kier molecular flexibility index (Phi) is 6.42. The first-order chi connectivity index (χ1) is 9.79. The molecule has 1 aromatic rings. The van der Waals surface area contributed by atoms with Gasteiger partial charge >= 0.3 is 5.97 Å². The van der Waals surface area contributed by atoms with Crippen molar-refractivity contribution in [3.63, 3.8) is 0 Å². The first-order valence-electron chi connectivity index (χ1n) is 6.39. The first-order valence-corrected chi connectivity index (χ1v) is 6.77. The van der Waals surface area contributed by atoms with Gasteiger partial charge in [-0.3, -0.25) is 4.79 Å². The fourth-order valence-electron chi connectivity index (χ4n) is 1.66. The summed E-state index contributed by atoms with van der Waals surface area (Å²) >= 11 is 5.75. The van der Waals surface area contributed by atoms with Crippen LogP contribution in [0.5, 0.6) is 5.75 Å². The molecule has 2 N–H and O–H groups in total. The maximum atomic E-state index is 12.8. The van der Waals surface area contributed by atoms with E-state index in [1.807, 2.05) is 13.8 Å². The van der Waals surface area contributed by atoms with E-state index >= 15 is 0 Å². The molecular formula is C14H17ClFNO4. The van der Waals surface area contributed by atoms with Crippen LogP contribution in [-0.4, -0.2) is 29.6 Å². The SMILES string of the molecule is CC(C)C[C@@H](NC(=O)COc1ccc(F)cc1Cl)C(=O)O. The van der Waals surface area contributed by atoms with Gasteiger partial charge in [0, 0.05) is 0 Å². The molecule has 5 nitrogen and oxygen atoms in total. The highest BCUT2D eigenvalue weighted by molar-refractivity contribution is 6.32. The van der Waals surface area contributed by atoms with Gasteiger partial charge < -0.3 is 15.2 Å². The second kappa shape index (κ2) is 7.83. The number of carboxylic acid groups (broad SMARTS) is 1. The number of halogens is 2. The largest absolute Gasteiger partial charge is 0.482 e. The minimum absolute atomic E-state index is 0.0414. The molecule has 1 aromatic carbocycles. The summed E-state index contributed by atoms with van der Waals surface area (Å²) in [5, 5.41) is 11.4. The summed E-state index contributed by atoms with van der Waals surface area (Å²) in [6.07, 6.45) is 0.318. The lowest BCUT2D eigenvalue weighted by molar-refractivity contribution is -0.142. The summed E-state index contributed by atoms with van der Waals surface area (Å²) in [6, 6.07) is 2.55. The van der Waals surface area contributed by atoms with E-state index in [1.54, 1.807) is 0 Å². The van der Waals surface area contributed by atoms with Crippen molar-refractivity contribution in [2.24, 2.45) is 5.92 Å². The average Bonchev–Trinajstić information content (AvgIpc) is 2.36. The van der Waals surface area contributed by atoms with E-state index in [1.165, 1.54) is 6.07 Å². The van der Waals surface area contributed by atoms with Crippen molar-refractivity contribution in [1.82, 2.24) is 5.32 Å². The highest BCUT2D eigenvalue weighted by Gasteiger charge is 2.21. The van der Waals surface area contributed by atoms with Crippen LogP contribution in [0.4, 0.5) is 4.39 Å². The molecule has 0 fully saturated rings. The molecule has 0 aliphatic heterocycles. The van der Waals surface area contributed by atoms with Crippen LogP contribution in [0.2, 0.25) is 5.02 Å². The van der Waals surface area contributed by atoms with Gasteiger partial charge in [0.25, 0.3) is 5.91 Å². The molecule has 0 aromatic heterocycles. The van der Waals surface area contributed by atoms with Crippen molar-refractivity contribution in [2.75, 3.05) is 6.61 Å². The number of hydrogen-bond donors (Lipinski definition) is 2. The number of aliphatic carboxylic acids is 1. The van der Waals surface area contributed by atoms with Crippen LogP contribution in [0.1, 0.15) is 20.3 Å². The molecule has 0 aliphatic carbocycles. The molecule has 116 valence electrons. The van der Waals surface area contributed by atoms with Gasteiger partial charge in [0.2, 0.25) is 0 Å². The maximum absolute atomic E-state index is 12.8. The molecule has 0 radical (unpaired) electrons. The Morgan fingerprint density at radius 2 is 2.10 bits per heavy atom. The molecular weight excluding hydrogens is 301 g/mol. The van der Waals surface area contributed by atoms with Crippen molar-refractivity contribution in [1.29, 1.82) is 0 Å². The number of carbonyl (C=O) groups excluding carboxylic acids is 1. The molecule has 1 atom stereocenters. The van der Waals surface area contributed by atoms with Crippen LogP contribution < -0.4 is 10.1 Å². The molecule has 0 saturated heterocycles. The van der Waals surface area contributed by atoms with Gasteiger partial charge in [-0.1, -0.05) is 25.4 Å². The van der Waals surface area contributed by atoms with Crippen molar-refractivity contribution < 1.29 is 23.8 Å². The number of benzene rings is 1. The third-order valence-corrected chi connectivity index (χ3v) is 2.89. The molecule has 1 amide bonds. The van der Waals surface area contributed by atoms with Gasteiger partial charge in [-0.05, 0) is 30.5 Å². The molecule has 0 saturated carbocycles. The van der Waals surface area contributed by atoms with E-state index in [0.29, 0.717) is 6.42 Å². The first kappa shape index (κ1) is 17.2. The Hall–Kier alpha value is -1.82. The predicted octanol–water partition coefficient (Wildman–Crippen LogP) is 2.47. The molecule has 0 spiro atoms. The number of amides is 1. The minimum atomic E-state index is -1.10. The molecule has 0 unspecified atom stereocenters. The zero-order valence-corrected chi connectivity index (χ0v) is 12.5. The van der Waals surface area contributed by atoms with Crippen molar-refractivity contribution >= 4 is 23.5 Å². The van der Waals surface area contributed by atoms with E-state index in [-0.39, 0.29) is 16.7 Å². The average molecular weight is 318 g/mol. The van der Waals surface area contributed by atoms with Gasteiger partial charge in [0.05, 0.1) is 5.02 Å². The quantitative estimate of drug-likeness (QED) is 0.810. The lowest BCUT2D eigenvalue weighted by Crippen LogP contribution is -2.43. The summed E-state index contributed by atoms with van der Waals surface area (Å²) in [7, 11) is 0. The summed E-state index contributed by atoms with van der Waals surface area (Å²) in [4.78, 5) is 22.7.